The van der Waals surface area contributed by atoms with Gasteiger partial charge in [-0.2, -0.15) is 4.31 Å². The predicted octanol–water partition coefficient (Wildman–Crippen LogP) is 5.38. The number of benzene rings is 1. The van der Waals surface area contributed by atoms with E-state index in [2.05, 4.69) is 32.6 Å². The van der Waals surface area contributed by atoms with Crippen LogP contribution in [0.5, 0.6) is 0 Å². The molecule has 160 valence electrons. The number of carbonyl (C=O) groups is 1. The highest BCUT2D eigenvalue weighted by Crippen LogP contribution is 2.37. The van der Waals surface area contributed by atoms with Gasteiger partial charge in [0, 0.05) is 24.6 Å². The summed E-state index contributed by atoms with van der Waals surface area (Å²) in [5.41, 5.74) is 3.56. The fraction of sp³-hybridized carbons (Fsp3) is 0.542. The van der Waals surface area contributed by atoms with Gasteiger partial charge >= 0.3 is 0 Å². The van der Waals surface area contributed by atoms with Crippen molar-refractivity contribution in [1.29, 1.82) is 0 Å². The third-order valence-electron chi connectivity index (χ3n) is 5.68. The first-order valence-corrected chi connectivity index (χ1v) is 11.9. The molecule has 0 saturated heterocycles. The number of rotatable bonds is 7. The molecule has 1 aliphatic rings. The van der Waals surface area contributed by atoms with Crippen LogP contribution in [0.4, 0.5) is 0 Å². The van der Waals surface area contributed by atoms with E-state index >= 15 is 0 Å². The molecule has 1 aromatic carbocycles. The Bertz CT molecular complexity index is 894. The zero-order valence-corrected chi connectivity index (χ0v) is 19.6. The number of hydrogen-bond donors (Lipinski definition) is 0. The highest BCUT2D eigenvalue weighted by Gasteiger charge is 2.35. The van der Waals surface area contributed by atoms with Gasteiger partial charge in [0.25, 0.3) is 0 Å². The Kier molecular flexibility index (Phi) is 7.28. The van der Waals surface area contributed by atoms with Crippen molar-refractivity contribution < 1.29 is 13.2 Å². The van der Waals surface area contributed by atoms with Gasteiger partial charge in [0.2, 0.25) is 10.0 Å². The second-order valence-corrected chi connectivity index (χ2v) is 10.7. The van der Waals surface area contributed by atoms with Gasteiger partial charge in [0.05, 0.1) is 4.90 Å². The maximum Gasteiger partial charge on any atom is 0.243 e. The molecule has 4 nitrogen and oxygen atoms in total. The van der Waals surface area contributed by atoms with Crippen molar-refractivity contribution in [3.63, 3.8) is 0 Å². The molecule has 0 spiro atoms. The van der Waals surface area contributed by atoms with Crippen LogP contribution >= 0.6 is 0 Å². The van der Waals surface area contributed by atoms with Crippen LogP contribution in [0.2, 0.25) is 0 Å². The molecule has 2 rings (SSSR count). The molecule has 1 aliphatic heterocycles. The van der Waals surface area contributed by atoms with Gasteiger partial charge in [-0.05, 0) is 41.4 Å². The van der Waals surface area contributed by atoms with Gasteiger partial charge in [-0.15, -0.1) is 6.58 Å². The molecule has 0 aliphatic carbocycles. The molecule has 29 heavy (non-hydrogen) atoms. The van der Waals surface area contributed by atoms with Crippen molar-refractivity contribution in [3.8, 4) is 0 Å². The summed E-state index contributed by atoms with van der Waals surface area (Å²) in [5, 5.41) is 0. The molecule has 1 aromatic rings. The molecule has 0 amide bonds. The third-order valence-corrected chi connectivity index (χ3v) is 7.65. The predicted molar refractivity (Wildman–Crippen MR) is 120 cm³/mol. The second-order valence-electron chi connectivity index (χ2n) is 8.87. The first kappa shape index (κ1) is 23.6. The second kappa shape index (κ2) is 8.97. The number of hydrogen-bond acceptors (Lipinski definition) is 3. The number of carbonyl (C=O) groups excluding carboxylic acids is 1. The topological polar surface area (TPSA) is 54.5 Å². The maximum absolute atomic E-state index is 13.8. The molecule has 0 aromatic heterocycles. The largest absolute Gasteiger partial charge is 0.295 e. The van der Waals surface area contributed by atoms with Gasteiger partial charge in [-0.1, -0.05) is 65.8 Å². The average Bonchev–Trinajstić information content (AvgIpc) is 2.65. The van der Waals surface area contributed by atoms with E-state index in [9.17, 15) is 13.2 Å². The zero-order valence-electron chi connectivity index (χ0n) is 18.8. The summed E-state index contributed by atoms with van der Waals surface area (Å²) < 4.78 is 29.2. The van der Waals surface area contributed by atoms with Crippen molar-refractivity contribution in [3.05, 3.63) is 53.1 Å². The summed E-state index contributed by atoms with van der Waals surface area (Å²) in [6.07, 6.45) is 3.41. The fourth-order valence-corrected chi connectivity index (χ4v) is 5.93. The summed E-state index contributed by atoms with van der Waals surface area (Å²) in [6.45, 7) is 18.2. The molecule has 0 bridgehead atoms. The van der Waals surface area contributed by atoms with Crippen molar-refractivity contribution in [2.45, 2.75) is 71.1 Å². The molecule has 0 radical (unpaired) electrons. The minimum atomic E-state index is -3.72. The lowest BCUT2D eigenvalue weighted by atomic mass is 9.89. The summed E-state index contributed by atoms with van der Waals surface area (Å²) >= 11 is 0. The summed E-state index contributed by atoms with van der Waals surface area (Å²) in [6, 6.07) is 4.11. The molecule has 1 heterocycles. The number of Topliss-reactive ketones (excluding diaryl/α,β-unsaturated/α-hetero) is 1. The number of sulfonamides is 1. The normalized spacial score (nSPS) is 18.4. The SMILES string of the molecule is C=CC1CN(S(=O)(=O)c2c(C(C)C)cc(C(C)C)cc2C(C)C)CC=C1C(C)=O. The lowest BCUT2D eigenvalue weighted by molar-refractivity contribution is -0.114. The van der Waals surface area contributed by atoms with E-state index in [0.29, 0.717) is 16.4 Å². The van der Waals surface area contributed by atoms with Crippen LogP contribution in [0.25, 0.3) is 0 Å². The van der Waals surface area contributed by atoms with E-state index in [1.54, 1.807) is 12.2 Å². The Morgan fingerprint density at radius 1 is 1.07 bits per heavy atom. The Hall–Kier alpha value is -1.72. The molecular weight excluding hydrogens is 382 g/mol. The number of nitrogens with zero attached hydrogens (tertiary/aromatic N) is 1. The van der Waals surface area contributed by atoms with Crippen molar-refractivity contribution in [2.24, 2.45) is 5.92 Å². The molecular formula is C24H35NO3S. The first-order valence-electron chi connectivity index (χ1n) is 10.4. The smallest absolute Gasteiger partial charge is 0.243 e. The lowest BCUT2D eigenvalue weighted by Crippen LogP contribution is -2.40. The molecule has 1 unspecified atom stereocenters. The van der Waals surface area contributed by atoms with Gasteiger partial charge in [-0.25, -0.2) is 8.42 Å². The van der Waals surface area contributed by atoms with Crippen molar-refractivity contribution in [1.82, 2.24) is 4.31 Å². The van der Waals surface area contributed by atoms with Crippen LogP contribution in [-0.4, -0.2) is 31.6 Å². The van der Waals surface area contributed by atoms with Crippen LogP contribution in [0.15, 0.2) is 41.3 Å². The molecule has 0 saturated carbocycles. The van der Waals surface area contributed by atoms with Crippen LogP contribution < -0.4 is 0 Å². The highest BCUT2D eigenvalue weighted by atomic mass is 32.2. The van der Waals surface area contributed by atoms with Crippen LogP contribution in [0, 0.1) is 5.92 Å². The molecule has 5 heteroatoms. The van der Waals surface area contributed by atoms with E-state index in [0.717, 1.165) is 16.7 Å². The minimum absolute atomic E-state index is 0.0287. The van der Waals surface area contributed by atoms with Gasteiger partial charge < -0.3 is 0 Å². The van der Waals surface area contributed by atoms with Crippen molar-refractivity contribution in [2.75, 3.05) is 13.1 Å². The molecule has 0 N–H and O–H groups in total. The van der Waals surface area contributed by atoms with Crippen LogP contribution in [0.3, 0.4) is 0 Å². The van der Waals surface area contributed by atoms with E-state index < -0.39 is 10.0 Å². The van der Waals surface area contributed by atoms with E-state index in [4.69, 9.17) is 0 Å². The zero-order chi connectivity index (χ0) is 22.1. The van der Waals surface area contributed by atoms with Crippen LogP contribution in [0.1, 0.15) is 82.9 Å². The summed E-state index contributed by atoms with van der Waals surface area (Å²) in [7, 11) is -3.72. The third kappa shape index (κ3) is 4.72. The van der Waals surface area contributed by atoms with Gasteiger partial charge in [-0.3, -0.25) is 4.79 Å². The van der Waals surface area contributed by atoms with Gasteiger partial charge in [0.15, 0.2) is 5.78 Å². The van der Waals surface area contributed by atoms with Gasteiger partial charge in [0.1, 0.15) is 0 Å². The lowest BCUT2D eigenvalue weighted by Gasteiger charge is -2.32. The summed E-state index contributed by atoms with van der Waals surface area (Å²) in [5.74, 6) is 0.177. The van der Waals surface area contributed by atoms with E-state index in [-0.39, 0.29) is 36.6 Å². The van der Waals surface area contributed by atoms with E-state index in [1.165, 1.54) is 11.2 Å². The highest BCUT2D eigenvalue weighted by molar-refractivity contribution is 7.89. The number of ketones is 1. The summed E-state index contributed by atoms with van der Waals surface area (Å²) in [4.78, 5) is 12.3. The molecule has 0 fully saturated rings. The Morgan fingerprint density at radius 2 is 1.59 bits per heavy atom. The molecule has 1 atom stereocenters. The van der Waals surface area contributed by atoms with Crippen LogP contribution in [-0.2, 0) is 14.8 Å². The monoisotopic (exact) mass is 417 g/mol. The van der Waals surface area contributed by atoms with Crippen molar-refractivity contribution >= 4 is 15.8 Å². The Labute approximate surface area is 176 Å². The fourth-order valence-electron chi connectivity index (χ4n) is 3.86. The maximum atomic E-state index is 13.8. The Morgan fingerprint density at radius 3 is 1.97 bits per heavy atom. The average molecular weight is 418 g/mol. The minimum Gasteiger partial charge on any atom is -0.295 e. The Balaban J connectivity index is 2.69. The van der Waals surface area contributed by atoms with E-state index in [1.807, 2.05) is 27.7 Å². The first-order chi connectivity index (χ1) is 13.4. The quantitative estimate of drug-likeness (QED) is 0.560. The standard InChI is InChI=1S/C24H35NO3S/c1-9-19-14-25(11-10-21(19)18(8)26)29(27,28)24-22(16(4)5)12-20(15(2)3)13-23(24)17(6)7/h9-10,12-13,15-17,19H,1,11,14H2,2-8H3.